The number of likely N-dealkylation sites (tertiary alicyclic amines) is 1. The third-order valence-electron chi connectivity index (χ3n) is 5.21. The molecule has 0 aliphatic carbocycles. The minimum atomic E-state index is -0.303. The molecule has 0 saturated carbocycles. The van der Waals surface area contributed by atoms with E-state index in [0.717, 1.165) is 23.5 Å². The summed E-state index contributed by atoms with van der Waals surface area (Å²) in [5.41, 5.74) is 6.36. The van der Waals surface area contributed by atoms with E-state index < -0.39 is 0 Å². The zero-order chi connectivity index (χ0) is 19.1. The number of aryl methyl sites for hydroxylation is 1. The van der Waals surface area contributed by atoms with Crippen LogP contribution < -0.4 is 10.6 Å². The van der Waals surface area contributed by atoms with Gasteiger partial charge in [0, 0.05) is 24.3 Å². The molecule has 2 aromatic heterocycles. The summed E-state index contributed by atoms with van der Waals surface area (Å²) in [6.07, 6.45) is 1.39. The highest BCUT2D eigenvalue weighted by atomic mass is 32.1. The Kier molecular flexibility index (Phi) is 4.56. The summed E-state index contributed by atoms with van der Waals surface area (Å²) in [7, 11) is 0. The Morgan fingerprint density at radius 3 is 2.63 bits per heavy atom. The summed E-state index contributed by atoms with van der Waals surface area (Å²) in [6.45, 7) is 3.25. The predicted octanol–water partition coefficient (Wildman–Crippen LogP) is 0.814. The fourth-order valence-electron chi connectivity index (χ4n) is 3.83. The largest absolute Gasteiger partial charge is 0.492 e. The van der Waals surface area contributed by atoms with Crippen LogP contribution in [0.15, 0.2) is 24.3 Å². The number of aromatic nitrogens is 3. The van der Waals surface area contributed by atoms with E-state index in [9.17, 15) is 14.3 Å². The molecule has 142 valence electrons. The molecule has 3 heterocycles. The van der Waals surface area contributed by atoms with Crippen LogP contribution in [0.1, 0.15) is 35.1 Å². The Hall–Kier alpha value is -2.52. The molecule has 1 saturated heterocycles. The van der Waals surface area contributed by atoms with E-state index in [1.165, 1.54) is 32.9 Å². The number of thiazole rings is 1. The van der Waals surface area contributed by atoms with Crippen molar-refractivity contribution >= 4 is 22.2 Å². The molecule has 1 aliphatic rings. The van der Waals surface area contributed by atoms with Crippen molar-refractivity contribution in [3.63, 3.8) is 0 Å². The van der Waals surface area contributed by atoms with Crippen LogP contribution in [0.25, 0.3) is 4.96 Å². The minimum Gasteiger partial charge on any atom is -0.492 e. The Labute approximate surface area is 159 Å². The van der Waals surface area contributed by atoms with Crippen molar-refractivity contribution in [3.8, 4) is 5.88 Å². The van der Waals surface area contributed by atoms with Crippen LogP contribution in [-0.4, -0.2) is 38.7 Å². The Morgan fingerprint density at radius 1 is 1.37 bits per heavy atom. The van der Waals surface area contributed by atoms with Gasteiger partial charge < -0.3 is 15.7 Å². The van der Waals surface area contributed by atoms with Crippen molar-refractivity contribution in [3.05, 3.63) is 46.3 Å². The van der Waals surface area contributed by atoms with Crippen molar-refractivity contribution in [2.75, 3.05) is 13.1 Å². The molecule has 1 amide bonds. The molecule has 4 rings (SSSR count). The molecule has 1 fully saturated rings. The maximum Gasteiger partial charge on any atom is 0.235 e. The summed E-state index contributed by atoms with van der Waals surface area (Å²) >= 11 is 1.39. The van der Waals surface area contributed by atoms with E-state index in [0.29, 0.717) is 23.6 Å². The van der Waals surface area contributed by atoms with Gasteiger partial charge in [-0.1, -0.05) is 11.3 Å². The molecule has 1 aromatic carbocycles. The molecule has 0 bridgehead atoms. The van der Waals surface area contributed by atoms with Gasteiger partial charge in [0.2, 0.25) is 16.7 Å². The Balaban J connectivity index is 1.74. The molecule has 0 spiro atoms. The number of halogens is 1. The van der Waals surface area contributed by atoms with Crippen molar-refractivity contribution in [2.45, 2.75) is 25.8 Å². The quantitative estimate of drug-likeness (QED) is 0.614. The summed E-state index contributed by atoms with van der Waals surface area (Å²) in [5.74, 6) is -0.0152. The van der Waals surface area contributed by atoms with Crippen LogP contribution >= 0.6 is 11.3 Å². The fraction of sp³-hybridized carbons (Fsp3) is 0.389. The SMILES string of the molecule is Cc1nc2sc([C@H](c3ccc(F)cc3)[NH+]3CCC(C(N)=O)CC3)c(O)n2n1. The van der Waals surface area contributed by atoms with Gasteiger partial charge in [-0.25, -0.2) is 9.37 Å². The normalized spacial score (nSPS) is 21.4. The molecule has 0 unspecified atom stereocenters. The average Bonchev–Trinajstić information content (AvgIpc) is 3.15. The number of amides is 1. The van der Waals surface area contributed by atoms with E-state index >= 15 is 0 Å². The van der Waals surface area contributed by atoms with Crippen LogP contribution in [0, 0.1) is 18.7 Å². The number of hydrogen-bond donors (Lipinski definition) is 3. The lowest BCUT2D eigenvalue weighted by Gasteiger charge is -2.33. The number of aromatic hydroxyl groups is 1. The standard InChI is InChI=1S/C18H20FN5O2S/c1-10-21-18-24(22-10)17(26)15(27-18)14(11-2-4-13(19)5-3-11)23-8-6-12(7-9-23)16(20)25/h2-5,12,14,26H,6-9H2,1H3,(H2,20,25)/p+1/t14-/m0/s1. The van der Waals surface area contributed by atoms with Crippen molar-refractivity contribution in [1.29, 1.82) is 0 Å². The molecule has 7 nitrogen and oxygen atoms in total. The maximum atomic E-state index is 13.4. The number of quaternary nitrogens is 1. The molecule has 4 N–H and O–H groups in total. The molecule has 1 aliphatic heterocycles. The van der Waals surface area contributed by atoms with Crippen LogP contribution in [0.3, 0.4) is 0 Å². The maximum absolute atomic E-state index is 13.4. The first-order valence-electron chi connectivity index (χ1n) is 8.88. The molecule has 3 aromatic rings. The highest BCUT2D eigenvalue weighted by Gasteiger charge is 2.36. The number of piperidine rings is 1. The number of rotatable bonds is 4. The van der Waals surface area contributed by atoms with Gasteiger partial charge in [-0.3, -0.25) is 4.79 Å². The zero-order valence-corrected chi connectivity index (χ0v) is 15.7. The van der Waals surface area contributed by atoms with Gasteiger partial charge in [0.1, 0.15) is 16.5 Å². The summed E-state index contributed by atoms with van der Waals surface area (Å²) in [5, 5.41) is 15.0. The van der Waals surface area contributed by atoms with Gasteiger partial charge in [-0.05, 0) is 31.2 Å². The predicted molar refractivity (Wildman–Crippen MR) is 98.1 cm³/mol. The van der Waals surface area contributed by atoms with Crippen LogP contribution in [0.5, 0.6) is 5.88 Å². The van der Waals surface area contributed by atoms with Gasteiger partial charge in [0.15, 0.2) is 6.04 Å². The number of nitrogens with zero attached hydrogens (tertiary/aromatic N) is 3. The lowest BCUT2D eigenvalue weighted by atomic mass is 9.93. The number of fused-ring (bicyclic) bond motifs is 1. The van der Waals surface area contributed by atoms with Crippen LogP contribution in [0.4, 0.5) is 4.39 Å². The van der Waals surface area contributed by atoms with Gasteiger partial charge in [-0.15, -0.1) is 5.10 Å². The van der Waals surface area contributed by atoms with E-state index in [-0.39, 0.29) is 29.6 Å². The number of carbonyl (C=O) groups excluding carboxylic acids is 1. The Bertz CT molecular complexity index is 976. The van der Waals surface area contributed by atoms with Gasteiger partial charge in [0.05, 0.1) is 13.1 Å². The van der Waals surface area contributed by atoms with Gasteiger partial charge in [-0.2, -0.15) is 4.52 Å². The van der Waals surface area contributed by atoms with Gasteiger partial charge >= 0.3 is 0 Å². The number of nitrogens with one attached hydrogen (secondary N) is 1. The summed E-state index contributed by atoms with van der Waals surface area (Å²) in [4.78, 5) is 18.4. The average molecular weight is 390 g/mol. The lowest BCUT2D eigenvalue weighted by molar-refractivity contribution is -0.930. The lowest BCUT2D eigenvalue weighted by Crippen LogP contribution is -3.13. The first-order valence-corrected chi connectivity index (χ1v) is 9.70. The highest BCUT2D eigenvalue weighted by molar-refractivity contribution is 7.17. The topological polar surface area (TPSA) is 98.0 Å². The second-order valence-corrected chi connectivity index (χ2v) is 7.97. The Morgan fingerprint density at radius 2 is 2.04 bits per heavy atom. The first-order chi connectivity index (χ1) is 12.9. The molecule has 0 radical (unpaired) electrons. The van der Waals surface area contributed by atoms with E-state index in [1.807, 2.05) is 0 Å². The van der Waals surface area contributed by atoms with Crippen molar-refractivity contribution in [2.24, 2.45) is 11.7 Å². The second kappa shape index (κ2) is 6.90. The molecular formula is C18H21FN5O2S+. The summed E-state index contributed by atoms with van der Waals surface area (Å²) in [6, 6.07) is 6.15. The van der Waals surface area contributed by atoms with E-state index in [2.05, 4.69) is 10.1 Å². The third-order valence-corrected chi connectivity index (χ3v) is 6.29. The fourth-order valence-corrected chi connectivity index (χ4v) is 5.01. The first kappa shape index (κ1) is 17.9. The number of carbonyl (C=O) groups is 1. The highest BCUT2D eigenvalue weighted by Crippen LogP contribution is 2.35. The molecule has 27 heavy (non-hydrogen) atoms. The smallest absolute Gasteiger partial charge is 0.235 e. The summed E-state index contributed by atoms with van der Waals surface area (Å²) < 4.78 is 14.9. The molecule has 9 heteroatoms. The van der Waals surface area contributed by atoms with Crippen LogP contribution in [-0.2, 0) is 4.79 Å². The zero-order valence-electron chi connectivity index (χ0n) is 14.9. The van der Waals surface area contributed by atoms with Crippen LogP contribution in [0.2, 0.25) is 0 Å². The third kappa shape index (κ3) is 3.28. The number of benzene rings is 1. The minimum absolute atomic E-state index is 0.0643. The number of hydrogen-bond acceptors (Lipinski definition) is 5. The monoisotopic (exact) mass is 390 g/mol. The molecular weight excluding hydrogens is 369 g/mol. The second-order valence-electron chi connectivity index (χ2n) is 6.96. The van der Waals surface area contributed by atoms with E-state index in [1.54, 1.807) is 19.1 Å². The van der Waals surface area contributed by atoms with Crippen molar-refractivity contribution in [1.82, 2.24) is 14.6 Å². The number of nitrogens with two attached hydrogens (primary N) is 1. The number of primary amides is 1. The molecule has 1 atom stereocenters. The van der Waals surface area contributed by atoms with Gasteiger partial charge in [0.25, 0.3) is 0 Å². The van der Waals surface area contributed by atoms with Crippen molar-refractivity contribution < 1.29 is 19.2 Å². The van der Waals surface area contributed by atoms with E-state index in [4.69, 9.17) is 5.73 Å².